The maximum atomic E-state index is 12.1. The van der Waals surface area contributed by atoms with Crippen molar-refractivity contribution < 1.29 is 13.3 Å². The van der Waals surface area contributed by atoms with Crippen LogP contribution in [0, 0.1) is 6.92 Å². The third-order valence-corrected chi connectivity index (χ3v) is 1.76. The van der Waals surface area contributed by atoms with Gasteiger partial charge >= 0.3 is 6.43 Å². The predicted molar refractivity (Wildman–Crippen MR) is 51.5 cm³/mol. The van der Waals surface area contributed by atoms with Gasteiger partial charge in [-0.25, -0.2) is 13.8 Å². The number of hydrogen-bond acceptors (Lipinski definition) is 4. The monoisotopic (exact) mass is 226 g/mol. The highest BCUT2D eigenvalue weighted by molar-refractivity contribution is 5.61. The van der Waals surface area contributed by atoms with E-state index in [1.807, 2.05) is 6.92 Å². The molecule has 16 heavy (non-hydrogen) atoms. The van der Waals surface area contributed by atoms with Gasteiger partial charge in [-0.3, -0.25) is 0 Å². The van der Waals surface area contributed by atoms with Crippen molar-refractivity contribution in [1.29, 1.82) is 0 Å². The van der Waals surface area contributed by atoms with Crippen molar-refractivity contribution in [3.8, 4) is 0 Å². The van der Waals surface area contributed by atoms with Crippen molar-refractivity contribution in [1.82, 2.24) is 20.1 Å². The second-order valence-corrected chi connectivity index (χ2v) is 3.08. The minimum Gasteiger partial charge on any atom is -0.343 e. The number of nitrogens with one attached hydrogen (secondary N) is 1. The minimum atomic E-state index is -2.73. The molecule has 0 bridgehead atoms. The smallest absolute Gasteiger partial charge is 0.300 e. The fraction of sp³-hybridized carbons (Fsp3) is 0.222. The molecule has 0 aliphatic heterocycles. The lowest BCUT2D eigenvalue weighted by Gasteiger charge is -1.84. The van der Waals surface area contributed by atoms with Gasteiger partial charge in [0, 0.05) is 18.0 Å². The number of imidazole rings is 1. The van der Waals surface area contributed by atoms with Gasteiger partial charge in [0.05, 0.1) is 0 Å². The summed E-state index contributed by atoms with van der Waals surface area (Å²) in [7, 11) is 0. The molecule has 0 amide bonds. The van der Waals surface area contributed by atoms with E-state index < -0.39 is 12.2 Å². The first-order chi connectivity index (χ1) is 7.65. The largest absolute Gasteiger partial charge is 0.343 e. The average Bonchev–Trinajstić information content (AvgIpc) is 2.83. The van der Waals surface area contributed by atoms with Crippen molar-refractivity contribution in [2.24, 2.45) is 0 Å². The molecule has 2 rings (SSSR count). The minimum absolute atomic E-state index is 0.0179. The Morgan fingerprint density at radius 1 is 1.44 bits per heavy atom. The van der Waals surface area contributed by atoms with Crippen LogP contribution in [0.2, 0.25) is 0 Å². The molecule has 0 atom stereocenters. The van der Waals surface area contributed by atoms with E-state index in [1.54, 1.807) is 12.3 Å². The van der Waals surface area contributed by atoms with Crippen LogP contribution in [-0.2, 0) is 0 Å². The van der Waals surface area contributed by atoms with Gasteiger partial charge in [-0.05, 0) is 13.0 Å². The van der Waals surface area contributed by atoms with Gasteiger partial charge < -0.3 is 9.51 Å². The molecule has 0 radical (unpaired) electrons. The van der Waals surface area contributed by atoms with Crippen LogP contribution in [0.25, 0.3) is 12.2 Å². The van der Waals surface area contributed by atoms with E-state index in [0.717, 1.165) is 5.69 Å². The third-order valence-electron chi connectivity index (χ3n) is 1.76. The Bertz CT molecular complexity index is 503. The van der Waals surface area contributed by atoms with Gasteiger partial charge in [-0.2, -0.15) is 4.98 Å². The lowest BCUT2D eigenvalue weighted by Crippen LogP contribution is -1.85. The molecule has 0 fully saturated rings. The Balaban J connectivity index is 2.11. The summed E-state index contributed by atoms with van der Waals surface area (Å²) in [6.07, 6.45) is 1.90. The molecule has 2 aromatic heterocycles. The molecular weight excluding hydrogens is 218 g/mol. The number of nitrogens with zero attached hydrogens (tertiary/aromatic N) is 3. The Labute approximate surface area is 89.2 Å². The van der Waals surface area contributed by atoms with Crippen LogP contribution in [0.1, 0.15) is 29.7 Å². The number of aryl methyl sites for hydroxylation is 1. The summed E-state index contributed by atoms with van der Waals surface area (Å²) >= 11 is 0. The van der Waals surface area contributed by atoms with Crippen molar-refractivity contribution in [3.63, 3.8) is 0 Å². The average molecular weight is 226 g/mol. The highest BCUT2D eigenvalue weighted by Crippen LogP contribution is 2.15. The first-order valence-electron chi connectivity index (χ1n) is 4.46. The van der Waals surface area contributed by atoms with Gasteiger partial charge in [0.25, 0.3) is 5.89 Å². The third kappa shape index (κ3) is 2.30. The quantitative estimate of drug-likeness (QED) is 0.871. The van der Waals surface area contributed by atoms with Crippen LogP contribution >= 0.6 is 0 Å². The zero-order valence-corrected chi connectivity index (χ0v) is 8.32. The molecule has 0 aromatic carbocycles. The van der Waals surface area contributed by atoms with Gasteiger partial charge in [-0.1, -0.05) is 5.16 Å². The maximum Gasteiger partial charge on any atom is 0.300 e. The number of hydrogen-bond donors (Lipinski definition) is 1. The lowest BCUT2D eigenvalue weighted by atomic mass is 10.4. The van der Waals surface area contributed by atoms with Crippen LogP contribution in [0.4, 0.5) is 8.78 Å². The Morgan fingerprint density at radius 3 is 2.81 bits per heavy atom. The Morgan fingerprint density at radius 2 is 2.25 bits per heavy atom. The molecule has 2 heterocycles. The molecule has 0 aliphatic rings. The van der Waals surface area contributed by atoms with Gasteiger partial charge in [0.15, 0.2) is 0 Å². The van der Waals surface area contributed by atoms with Crippen molar-refractivity contribution >= 4 is 12.2 Å². The SMILES string of the molecule is Cc1cnc(/C=C/c2nc(C(F)F)no2)[nH]1. The molecule has 2 aromatic rings. The molecule has 0 saturated heterocycles. The molecule has 0 aliphatic carbocycles. The van der Waals surface area contributed by atoms with Crippen LogP contribution in [0.5, 0.6) is 0 Å². The molecule has 0 spiro atoms. The molecule has 0 saturated carbocycles. The summed E-state index contributed by atoms with van der Waals surface area (Å²) in [6.45, 7) is 1.85. The van der Waals surface area contributed by atoms with Crippen molar-refractivity contribution in [2.75, 3.05) is 0 Å². The highest BCUT2D eigenvalue weighted by Gasteiger charge is 2.14. The fourth-order valence-corrected chi connectivity index (χ4v) is 1.07. The molecule has 7 heteroatoms. The fourth-order valence-electron chi connectivity index (χ4n) is 1.07. The predicted octanol–water partition coefficient (Wildman–Crippen LogP) is 2.21. The zero-order valence-electron chi connectivity index (χ0n) is 8.32. The van der Waals surface area contributed by atoms with E-state index in [1.165, 1.54) is 6.08 Å². The molecule has 0 unspecified atom stereocenters. The standard InChI is InChI=1S/C9H8F2N4O/c1-5-4-12-6(13-5)2-3-7-14-9(8(10)11)15-16-7/h2-4,8H,1H3,(H,12,13)/b3-2+. The van der Waals surface area contributed by atoms with Gasteiger partial charge in [-0.15, -0.1) is 0 Å². The number of rotatable bonds is 3. The van der Waals surface area contributed by atoms with E-state index in [4.69, 9.17) is 0 Å². The number of alkyl halides is 2. The maximum absolute atomic E-state index is 12.1. The number of aromatic nitrogens is 4. The van der Waals surface area contributed by atoms with Crippen LogP contribution in [0.3, 0.4) is 0 Å². The van der Waals surface area contributed by atoms with Crippen LogP contribution in [0.15, 0.2) is 10.7 Å². The first kappa shape index (κ1) is 10.5. The summed E-state index contributed by atoms with van der Waals surface area (Å²) in [5.41, 5.74) is 0.901. The lowest BCUT2D eigenvalue weighted by molar-refractivity contribution is 0.136. The normalized spacial score (nSPS) is 11.8. The van der Waals surface area contributed by atoms with Gasteiger partial charge in [0.2, 0.25) is 5.82 Å². The first-order valence-corrected chi connectivity index (χ1v) is 4.46. The van der Waals surface area contributed by atoms with E-state index in [0.29, 0.717) is 5.82 Å². The van der Waals surface area contributed by atoms with Crippen LogP contribution < -0.4 is 0 Å². The van der Waals surface area contributed by atoms with E-state index >= 15 is 0 Å². The molecule has 5 nitrogen and oxygen atoms in total. The zero-order chi connectivity index (χ0) is 11.5. The molecular formula is C9H8F2N4O. The second kappa shape index (κ2) is 4.21. The van der Waals surface area contributed by atoms with E-state index in [-0.39, 0.29) is 5.89 Å². The number of H-pyrrole nitrogens is 1. The van der Waals surface area contributed by atoms with Gasteiger partial charge in [0.1, 0.15) is 5.82 Å². The van der Waals surface area contributed by atoms with E-state index in [2.05, 4.69) is 24.6 Å². The summed E-state index contributed by atoms with van der Waals surface area (Å²) in [5.74, 6) is -0.00562. The van der Waals surface area contributed by atoms with Crippen molar-refractivity contribution in [3.05, 3.63) is 29.4 Å². The van der Waals surface area contributed by atoms with Crippen molar-refractivity contribution in [2.45, 2.75) is 13.3 Å². The Kier molecular flexibility index (Phi) is 2.76. The van der Waals surface area contributed by atoms with E-state index in [9.17, 15) is 8.78 Å². The molecule has 1 N–H and O–H groups in total. The summed E-state index contributed by atoms with van der Waals surface area (Å²) in [4.78, 5) is 10.4. The number of aromatic amines is 1. The second-order valence-electron chi connectivity index (χ2n) is 3.08. The summed E-state index contributed by atoms with van der Waals surface area (Å²) in [6, 6.07) is 0. The topological polar surface area (TPSA) is 67.6 Å². The summed E-state index contributed by atoms with van der Waals surface area (Å²) in [5, 5.41) is 3.12. The number of halogens is 2. The van der Waals surface area contributed by atoms with Crippen LogP contribution in [-0.4, -0.2) is 20.1 Å². The summed E-state index contributed by atoms with van der Waals surface area (Å²) < 4.78 is 28.8. The molecule has 84 valence electrons. The Hall–Kier alpha value is -2.05. The highest BCUT2D eigenvalue weighted by atomic mass is 19.3.